The van der Waals surface area contributed by atoms with Crippen molar-refractivity contribution in [3.63, 3.8) is 0 Å². The number of hydrogen-bond donors (Lipinski definition) is 1. The molecule has 0 aliphatic rings. The quantitative estimate of drug-likeness (QED) is 0.843. The molecule has 1 amide bonds. The predicted molar refractivity (Wildman–Crippen MR) is 94.6 cm³/mol. The molecule has 1 N–H and O–H groups in total. The molecule has 1 aromatic carbocycles. The second kappa shape index (κ2) is 8.13. The Morgan fingerprint density at radius 3 is 2.70 bits per heavy atom. The summed E-state index contributed by atoms with van der Waals surface area (Å²) in [5.74, 6) is 0.347. The van der Waals surface area contributed by atoms with Crippen molar-refractivity contribution in [3.05, 3.63) is 46.3 Å². The normalized spacial score (nSPS) is 10.4. The molecular formula is C16H18Cl2N4O. The van der Waals surface area contributed by atoms with Crippen LogP contribution in [-0.4, -0.2) is 29.5 Å². The zero-order chi connectivity index (χ0) is 16.8. The number of rotatable bonds is 6. The topological polar surface area (TPSA) is 58.1 Å². The molecule has 122 valence electrons. The van der Waals surface area contributed by atoms with E-state index in [2.05, 4.69) is 22.2 Å². The van der Waals surface area contributed by atoms with Gasteiger partial charge >= 0.3 is 0 Å². The number of nitrogens with one attached hydrogen (secondary N) is 1. The van der Waals surface area contributed by atoms with Crippen LogP contribution in [0.3, 0.4) is 0 Å². The van der Waals surface area contributed by atoms with Gasteiger partial charge in [0.05, 0.1) is 23.1 Å². The first-order valence-corrected chi connectivity index (χ1v) is 8.06. The van der Waals surface area contributed by atoms with E-state index in [1.54, 1.807) is 24.4 Å². The van der Waals surface area contributed by atoms with Crippen LogP contribution in [0.4, 0.5) is 11.5 Å². The number of aromatic nitrogens is 2. The number of anilines is 2. The minimum absolute atomic E-state index is 0.216. The first-order valence-electron chi connectivity index (χ1n) is 7.31. The molecule has 0 fully saturated rings. The maximum Gasteiger partial charge on any atom is 0.275 e. The lowest BCUT2D eigenvalue weighted by Crippen LogP contribution is -2.21. The van der Waals surface area contributed by atoms with Crippen LogP contribution in [0.15, 0.2) is 30.6 Å². The Labute approximate surface area is 145 Å². The molecule has 7 heteroatoms. The Balaban J connectivity index is 2.07. The molecule has 0 unspecified atom stereocenters. The zero-order valence-electron chi connectivity index (χ0n) is 13.0. The van der Waals surface area contributed by atoms with E-state index in [1.807, 2.05) is 11.9 Å². The fraction of sp³-hybridized carbons (Fsp3) is 0.312. The van der Waals surface area contributed by atoms with Crippen molar-refractivity contribution in [3.8, 4) is 0 Å². The van der Waals surface area contributed by atoms with Gasteiger partial charge in [0.15, 0.2) is 0 Å². The van der Waals surface area contributed by atoms with Gasteiger partial charge in [0.25, 0.3) is 5.91 Å². The van der Waals surface area contributed by atoms with Gasteiger partial charge < -0.3 is 10.2 Å². The van der Waals surface area contributed by atoms with Crippen molar-refractivity contribution in [1.29, 1.82) is 0 Å². The van der Waals surface area contributed by atoms with Gasteiger partial charge in [0.2, 0.25) is 0 Å². The summed E-state index contributed by atoms with van der Waals surface area (Å²) in [6.07, 6.45) is 5.22. The number of benzene rings is 1. The van der Waals surface area contributed by atoms with Gasteiger partial charge in [-0.05, 0) is 24.6 Å². The molecule has 0 spiro atoms. The summed E-state index contributed by atoms with van der Waals surface area (Å²) in [5, 5.41) is 3.58. The van der Waals surface area contributed by atoms with Gasteiger partial charge in [0.1, 0.15) is 11.5 Å². The van der Waals surface area contributed by atoms with Gasteiger partial charge in [-0.3, -0.25) is 4.79 Å². The van der Waals surface area contributed by atoms with Crippen LogP contribution in [-0.2, 0) is 0 Å². The van der Waals surface area contributed by atoms with Crippen LogP contribution < -0.4 is 10.2 Å². The van der Waals surface area contributed by atoms with Crippen molar-refractivity contribution in [2.24, 2.45) is 0 Å². The highest BCUT2D eigenvalue weighted by molar-refractivity contribution is 6.35. The number of unbranched alkanes of at least 4 members (excludes halogenated alkanes) is 1. The summed E-state index contributed by atoms with van der Waals surface area (Å²) in [7, 11) is 1.95. The summed E-state index contributed by atoms with van der Waals surface area (Å²) >= 11 is 11.9. The van der Waals surface area contributed by atoms with Crippen molar-refractivity contribution < 1.29 is 4.79 Å². The summed E-state index contributed by atoms with van der Waals surface area (Å²) in [6.45, 7) is 3.03. The highest BCUT2D eigenvalue weighted by Gasteiger charge is 2.12. The molecule has 0 aliphatic carbocycles. The average Bonchev–Trinajstić information content (AvgIpc) is 2.56. The zero-order valence-corrected chi connectivity index (χ0v) is 14.5. The number of carbonyl (C=O) groups excluding carboxylic acids is 1. The van der Waals surface area contributed by atoms with E-state index in [0.717, 1.165) is 25.2 Å². The molecule has 1 aromatic heterocycles. The highest BCUT2D eigenvalue weighted by Crippen LogP contribution is 2.25. The van der Waals surface area contributed by atoms with Gasteiger partial charge in [-0.2, -0.15) is 0 Å². The molecule has 0 aliphatic heterocycles. The summed E-state index contributed by atoms with van der Waals surface area (Å²) in [6, 6.07) is 4.86. The maximum atomic E-state index is 12.2. The van der Waals surface area contributed by atoms with E-state index >= 15 is 0 Å². The monoisotopic (exact) mass is 352 g/mol. The Kier molecular flexibility index (Phi) is 6.19. The fourth-order valence-electron chi connectivity index (χ4n) is 1.93. The molecule has 23 heavy (non-hydrogen) atoms. The van der Waals surface area contributed by atoms with Crippen LogP contribution >= 0.6 is 23.2 Å². The maximum absolute atomic E-state index is 12.2. The first-order chi connectivity index (χ1) is 11.0. The molecule has 5 nitrogen and oxygen atoms in total. The third-order valence-corrected chi connectivity index (χ3v) is 3.85. The second-order valence-corrected chi connectivity index (χ2v) is 5.96. The SMILES string of the molecule is CCCCN(C)c1cnc(C(=O)Nc2cc(Cl)ccc2Cl)cn1. The second-order valence-electron chi connectivity index (χ2n) is 5.11. The molecule has 2 aromatic rings. The van der Waals surface area contributed by atoms with Crippen LogP contribution in [0.2, 0.25) is 10.0 Å². The molecular weight excluding hydrogens is 335 g/mol. The lowest BCUT2D eigenvalue weighted by atomic mass is 10.3. The van der Waals surface area contributed by atoms with E-state index in [4.69, 9.17) is 23.2 Å². The smallest absolute Gasteiger partial charge is 0.275 e. The molecule has 1 heterocycles. The van der Waals surface area contributed by atoms with Gasteiger partial charge in [-0.1, -0.05) is 36.5 Å². The lowest BCUT2D eigenvalue weighted by Gasteiger charge is -2.17. The molecule has 0 bridgehead atoms. The van der Waals surface area contributed by atoms with E-state index in [-0.39, 0.29) is 11.6 Å². The van der Waals surface area contributed by atoms with Crippen LogP contribution in [0.25, 0.3) is 0 Å². The number of carbonyl (C=O) groups is 1. The molecule has 2 rings (SSSR count). The standard InChI is InChI=1S/C16H18Cl2N4O/c1-3-4-7-22(2)15-10-19-14(9-20-15)16(23)21-13-8-11(17)5-6-12(13)18/h5-6,8-10H,3-4,7H2,1-2H3,(H,21,23). The Morgan fingerprint density at radius 2 is 2.04 bits per heavy atom. The Bertz CT molecular complexity index is 676. The summed E-state index contributed by atoms with van der Waals surface area (Å²) in [5.41, 5.74) is 0.656. The number of nitrogens with zero attached hydrogens (tertiary/aromatic N) is 3. The van der Waals surface area contributed by atoms with E-state index in [1.165, 1.54) is 6.20 Å². The third kappa shape index (κ3) is 4.81. The number of halogens is 2. The molecule has 0 atom stereocenters. The summed E-state index contributed by atoms with van der Waals surface area (Å²) < 4.78 is 0. The molecule has 0 saturated heterocycles. The van der Waals surface area contributed by atoms with E-state index < -0.39 is 0 Å². The van der Waals surface area contributed by atoms with Crippen LogP contribution in [0.1, 0.15) is 30.3 Å². The van der Waals surface area contributed by atoms with Crippen LogP contribution in [0, 0.1) is 0 Å². The number of amides is 1. The Morgan fingerprint density at radius 1 is 1.26 bits per heavy atom. The average molecular weight is 353 g/mol. The molecule has 0 saturated carbocycles. The van der Waals surface area contributed by atoms with E-state index in [9.17, 15) is 4.79 Å². The lowest BCUT2D eigenvalue weighted by molar-refractivity contribution is 0.102. The van der Waals surface area contributed by atoms with Gasteiger partial charge in [-0.25, -0.2) is 9.97 Å². The van der Waals surface area contributed by atoms with Crippen molar-refractivity contribution in [2.45, 2.75) is 19.8 Å². The van der Waals surface area contributed by atoms with Crippen molar-refractivity contribution in [1.82, 2.24) is 9.97 Å². The van der Waals surface area contributed by atoms with E-state index in [0.29, 0.717) is 15.7 Å². The van der Waals surface area contributed by atoms with Gasteiger partial charge in [-0.15, -0.1) is 0 Å². The van der Waals surface area contributed by atoms with Crippen molar-refractivity contribution in [2.75, 3.05) is 23.8 Å². The summed E-state index contributed by atoms with van der Waals surface area (Å²) in [4.78, 5) is 22.6. The minimum atomic E-state index is -0.385. The predicted octanol–water partition coefficient (Wildman–Crippen LogP) is 4.27. The number of hydrogen-bond acceptors (Lipinski definition) is 4. The van der Waals surface area contributed by atoms with Crippen LogP contribution in [0.5, 0.6) is 0 Å². The largest absolute Gasteiger partial charge is 0.358 e. The van der Waals surface area contributed by atoms with Crippen molar-refractivity contribution >= 4 is 40.6 Å². The first kappa shape index (κ1) is 17.5. The highest BCUT2D eigenvalue weighted by atomic mass is 35.5. The fourth-order valence-corrected chi connectivity index (χ4v) is 2.26. The van der Waals surface area contributed by atoms with Gasteiger partial charge in [0, 0.05) is 18.6 Å². The molecule has 0 radical (unpaired) electrons. The Hall–Kier alpha value is -1.85. The minimum Gasteiger partial charge on any atom is -0.358 e. The third-order valence-electron chi connectivity index (χ3n) is 3.29.